The van der Waals surface area contributed by atoms with Gasteiger partial charge in [0.1, 0.15) is 0 Å². The first-order valence-electron chi connectivity index (χ1n) is 9.52. The zero-order valence-electron chi connectivity index (χ0n) is 16.3. The molecule has 1 aromatic heterocycles. The summed E-state index contributed by atoms with van der Waals surface area (Å²) in [6, 6.07) is 11.1. The number of rotatable bonds is 6. The molecule has 1 fully saturated rings. The lowest BCUT2D eigenvalue weighted by Crippen LogP contribution is -2.40. The lowest BCUT2D eigenvalue weighted by atomic mass is 10.1. The summed E-state index contributed by atoms with van der Waals surface area (Å²) in [6.45, 7) is 0.556. The van der Waals surface area contributed by atoms with Crippen molar-refractivity contribution >= 4 is 44.3 Å². The van der Waals surface area contributed by atoms with Gasteiger partial charge in [0.05, 0.1) is 28.7 Å². The highest BCUT2D eigenvalue weighted by Gasteiger charge is 2.28. The number of halogens is 1. The van der Waals surface area contributed by atoms with Gasteiger partial charge in [-0.2, -0.15) is 4.31 Å². The van der Waals surface area contributed by atoms with Crippen molar-refractivity contribution in [3.8, 4) is 0 Å². The molecule has 31 heavy (non-hydrogen) atoms. The fraction of sp³-hybridized carbons (Fsp3) is 0.238. The van der Waals surface area contributed by atoms with E-state index in [9.17, 15) is 18.0 Å². The molecule has 0 radical (unpaired) electrons. The monoisotopic (exact) mass is 462 g/mol. The van der Waals surface area contributed by atoms with Gasteiger partial charge in [0.25, 0.3) is 0 Å². The number of Topliss-reactive ketones (excluding diaryl/α,β-unsaturated/α-hetero) is 1. The van der Waals surface area contributed by atoms with Gasteiger partial charge in [-0.3, -0.25) is 4.79 Å². The van der Waals surface area contributed by atoms with Crippen LogP contribution in [0.5, 0.6) is 0 Å². The maximum Gasteiger partial charge on any atom is 0.340 e. The molecule has 0 aliphatic carbocycles. The first-order valence-corrected chi connectivity index (χ1v) is 11.3. The lowest BCUT2D eigenvalue weighted by molar-refractivity contribution is 0.0475. The van der Waals surface area contributed by atoms with Crippen LogP contribution in [0.2, 0.25) is 5.02 Å². The van der Waals surface area contributed by atoms with Crippen LogP contribution in [0.4, 0.5) is 0 Å². The standard InChI is InChI=1S/C21H19ClN2O6S/c22-18-6-5-14(31(27,28)24-7-9-29-10-8-24)11-16(18)21(26)30-13-20(25)17-12-23-19-4-2-1-3-15(17)19/h1-6,11-12,23H,7-10,13H2. The van der Waals surface area contributed by atoms with Crippen molar-refractivity contribution in [3.05, 3.63) is 64.8 Å². The predicted octanol–water partition coefficient (Wildman–Crippen LogP) is 2.88. The van der Waals surface area contributed by atoms with Gasteiger partial charge in [-0.1, -0.05) is 29.8 Å². The van der Waals surface area contributed by atoms with Crippen LogP contribution in [0.3, 0.4) is 0 Å². The molecule has 1 aliphatic heterocycles. The largest absolute Gasteiger partial charge is 0.454 e. The Balaban J connectivity index is 1.50. The third kappa shape index (κ3) is 4.35. The summed E-state index contributed by atoms with van der Waals surface area (Å²) in [5.74, 6) is -1.27. The van der Waals surface area contributed by atoms with Crippen molar-refractivity contribution in [2.75, 3.05) is 32.9 Å². The number of ketones is 1. The summed E-state index contributed by atoms with van der Waals surface area (Å²) in [5.41, 5.74) is 1.07. The topological polar surface area (TPSA) is 106 Å². The molecule has 0 spiro atoms. The Morgan fingerprint density at radius 3 is 2.61 bits per heavy atom. The Morgan fingerprint density at radius 2 is 1.84 bits per heavy atom. The molecule has 1 aliphatic rings. The normalized spacial score (nSPS) is 15.1. The van der Waals surface area contributed by atoms with Crippen molar-refractivity contribution in [3.63, 3.8) is 0 Å². The fourth-order valence-electron chi connectivity index (χ4n) is 3.35. The number of hydrogen-bond acceptors (Lipinski definition) is 6. The lowest BCUT2D eigenvalue weighted by Gasteiger charge is -2.26. The van der Waals surface area contributed by atoms with E-state index < -0.39 is 22.6 Å². The van der Waals surface area contributed by atoms with E-state index >= 15 is 0 Å². The molecule has 0 unspecified atom stereocenters. The number of hydrogen-bond donors (Lipinski definition) is 1. The third-order valence-corrected chi connectivity index (χ3v) is 7.21. The van der Waals surface area contributed by atoms with Crippen LogP contribution in [0, 0.1) is 0 Å². The molecule has 2 aromatic carbocycles. The van der Waals surface area contributed by atoms with Crippen LogP contribution in [-0.4, -0.2) is 62.4 Å². The van der Waals surface area contributed by atoms with Crippen molar-refractivity contribution < 1.29 is 27.5 Å². The van der Waals surface area contributed by atoms with Gasteiger partial charge < -0.3 is 14.5 Å². The molecule has 10 heteroatoms. The maximum absolute atomic E-state index is 12.8. The number of ether oxygens (including phenoxy) is 2. The number of aromatic amines is 1. The quantitative estimate of drug-likeness (QED) is 0.446. The number of carbonyl (C=O) groups is 2. The van der Waals surface area contributed by atoms with E-state index in [-0.39, 0.29) is 34.4 Å². The molecule has 0 bridgehead atoms. The van der Waals surface area contributed by atoms with Crippen LogP contribution in [-0.2, 0) is 19.5 Å². The predicted molar refractivity (Wildman–Crippen MR) is 114 cm³/mol. The molecule has 0 amide bonds. The molecule has 8 nitrogen and oxygen atoms in total. The van der Waals surface area contributed by atoms with Crippen molar-refractivity contribution in [2.24, 2.45) is 0 Å². The number of para-hydroxylation sites is 1. The summed E-state index contributed by atoms with van der Waals surface area (Å²) >= 11 is 6.10. The molecule has 0 saturated carbocycles. The Bertz CT molecular complexity index is 1250. The second kappa shape index (κ2) is 8.80. The smallest absolute Gasteiger partial charge is 0.340 e. The number of nitrogens with zero attached hydrogens (tertiary/aromatic N) is 1. The highest BCUT2D eigenvalue weighted by atomic mass is 35.5. The number of nitrogens with one attached hydrogen (secondary N) is 1. The first-order chi connectivity index (χ1) is 14.9. The number of esters is 1. The zero-order chi connectivity index (χ0) is 22.0. The van der Waals surface area contributed by atoms with E-state index in [0.717, 1.165) is 10.9 Å². The summed E-state index contributed by atoms with van der Waals surface area (Å²) in [6.07, 6.45) is 1.56. The van der Waals surface area contributed by atoms with Crippen LogP contribution in [0.1, 0.15) is 20.7 Å². The number of benzene rings is 2. The van der Waals surface area contributed by atoms with Gasteiger partial charge in [-0.15, -0.1) is 0 Å². The SMILES string of the molecule is O=C(OCC(=O)c1c[nH]c2ccccc12)c1cc(S(=O)(=O)N2CCOCC2)ccc1Cl. The summed E-state index contributed by atoms with van der Waals surface area (Å²) < 4.78 is 37.3. The highest BCUT2D eigenvalue weighted by molar-refractivity contribution is 7.89. The van der Waals surface area contributed by atoms with Gasteiger partial charge in [0.15, 0.2) is 6.61 Å². The van der Waals surface area contributed by atoms with Gasteiger partial charge in [0.2, 0.25) is 15.8 Å². The van der Waals surface area contributed by atoms with Crippen molar-refractivity contribution in [1.82, 2.24) is 9.29 Å². The summed E-state index contributed by atoms with van der Waals surface area (Å²) in [5, 5.41) is 0.755. The second-order valence-electron chi connectivity index (χ2n) is 6.91. The number of carbonyl (C=O) groups excluding carboxylic acids is 2. The Kier molecular flexibility index (Phi) is 6.10. The Morgan fingerprint density at radius 1 is 1.10 bits per heavy atom. The van der Waals surface area contributed by atoms with Crippen LogP contribution >= 0.6 is 11.6 Å². The van der Waals surface area contributed by atoms with Crippen molar-refractivity contribution in [1.29, 1.82) is 0 Å². The summed E-state index contributed by atoms with van der Waals surface area (Å²) in [4.78, 5) is 28.0. The molecular formula is C21H19ClN2O6S. The van der Waals surface area contributed by atoms with Crippen molar-refractivity contribution in [2.45, 2.75) is 4.90 Å². The minimum atomic E-state index is -3.81. The molecule has 4 rings (SSSR count). The Hall–Kier alpha value is -2.72. The minimum Gasteiger partial charge on any atom is -0.454 e. The van der Waals surface area contributed by atoms with Gasteiger partial charge in [0, 0.05) is 35.8 Å². The van der Waals surface area contributed by atoms with Crippen LogP contribution in [0.15, 0.2) is 53.6 Å². The molecule has 3 aromatic rings. The number of H-pyrrole nitrogens is 1. The highest BCUT2D eigenvalue weighted by Crippen LogP contribution is 2.25. The van der Waals surface area contributed by atoms with Gasteiger partial charge >= 0.3 is 5.97 Å². The molecule has 0 atom stereocenters. The zero-order valence-corrected chi connectivity index (χ0v) is 17.9. The molecule has 1 N–H and O–H groups in total. The maximum atomic E-state index is 12.8. The average Bonchev–Trinajstić information content (AvgIpc) is 3.22. The average molecular weight is 463 g/mol. The molecule has 2 heterocycles. The van der Waals surface area contributed by atoms with E-state index in [2.05, 4.69) is 4.98 Å². The number of aromatic nitrogens is 1. The molecule has 162 valence electrons. The molecule has 1 saturated heterocycles. The molecular weight excluding hydrogens is 444 g/mol. The Labute approximate surface area is 183 Å². The van der Waals surface area contributed by atoms with E-state index in [1.165, 1.54) is 22.5 Å². The fourth-order valence-corrected chi connectivity index (χ4v) is 4.98. The number of sulfonamides is 1. The van der Waals surface area contributed by atoms with E-state index in [4.69, 9.17) is 21.1 Å². The minimum absolute atomic E-state index is 0.0328. The summed E-state index contributed by atoms with van der Waals surface area (Å²) in [7, 11) is -3.81. The second-order valence-corrected chi connectivity index (χ2v) is 9.25. The van der Waals surface area contributed by atoms with E-state index in [0.29, 0.717) is 18.8 Å². The third-order valence-electron chi connectivity index (χ3n) is 4.99. The van der Waals surface area contributed by atoms with Crippen LogP contribution in [0.25, 0.3) is 10.9 Å². The number of fused-ring (bicyclic) bond motifs is 1. The van der Waals surface area contributed by atoms with Crippen LogP contribution < -0.4 is 0 Å². The van der Waals surface area contributed by atoms with Gasteiger partial charge in [-0.05, 0) is 24.3 Å². The van der Waals surface area contributed by atoms with E-state index in [1.54, 1.807) is 18.3 Å². The van der Waals surface area contributed by atoms with Gasteiger partial charge in [-0.25, -0.2) is 13.2 Å². The number of morpholine rings is 1. The van der Waals surface area contributed by atoms with E-state index in [1.807, 2.05) is 12.1 Å². The first kappa shape index (κ1) is 21.5.